The second kappa shape index (κ2) is 6.92. The molecule has 4 atom stereocenters. The lowest BCUT2D eigenvalue weighted by molar-refractivity contribution is -0.0186. The van der Waals surface area contributed by atoms with Crippen LogP contribution in [0.4, 0.5) is 5.82 Å². The van der Waals surface area contributed by atoms with E-state index in [1.165, 1.54) is 6.33 Å². The SMILES string of the molecule is CCSC1C(SC#N)C(CO)OC1n1cnc2c(N)ncnc21. The summed E-state index contributed by atoms with van der Waals surface area (Å²) in [5.74, 6) is 1.18. The van der Waals surface area contributed by atoms with E-state index in [1.54, 1.807) is 22.7 Å². The van der Waals surface area contributed by atoms with Gasteiger partial charge in [-0.2, -0.15) is 17.0 Å². The van der Waals surface area contributed by atoms with Crippen LogP contribution in [0.25, 0.3) is 11.2 Å². The quantitative estimate of drug-likeness (QED) is 0.758. The van der Waals surface area contributed by atoms with Crippen molar-refractivity contribution in [2.75, 3.05) is 18.1 Å². The zero-order valence-corrected chi connectivity index (χ0v) is 14.0. The molecule has 1 aliphatic rings. The summed E-state index contributed by atoms with van der Waals surface area (Å²) >= 11 is 2.83. The van der Waals surface area contributed by atoms with E-state index in [1.807, 2.05) is 6.92 Å². The number of hydrogen-bond donors (Lipinski definition) is 2. The van der Waals surface area contributed by atoms with Crippen molar-refractivity contribution in [2.24, 2.45) is 0 Å². The molecule has 3 N–H and O–H groups in total. The smallest absolute Gasteiger partial charge is 0.167 e. The van der Waals surface area contributed by atoms with Crippen molar-refractivity contribution in [3.8, 4) is 5.40 Å². The summed E-state index contributed by atoms with van der Waals surface area (Å²) in [6, 6.07) is 0. The van der Waals surface area contributed by atoms with Crippen LogP contribution in [0.2, 0.25) is 0 Å². The van der Waals surface area contributed by atoms with Crippen molar-refractivity contribution >= 4 is 40.5 Å². The molecule has 23 heavy (non-hydrogen) atoms. The average molecular weight is 352 g/mol. The van der Waals surface area contributed by atoms with Crippen LogP contribution in [0, 0.1) is 10.7 Å². The number of rotatable bonds is 5. The van der Waals surface area contributed by atoms with Gasteiger partial charge in [-0.25, -0.2) is 15.0 Å². The Morgan fingerprint density at radius 3 is 2.96 bits per heavy atom. The zero-order chi connectivity index (χ0) is 16.4. The van der Waals surface area contributed by atoms with E-state index in [0.717, 1.165) is 17.5 Å². The minimum absolute atomic E-state index is 0.00427. The molecule has 0 bridgehead atoms. The number of anilines is 1. The molecule has 8 nitrogen and oxygen atoms in total. The van der Waals surface area contributed by atoms with Gasteiger partial charge < -0.3 is 15.6 Å². The molecular formula is C13H16N6O2S2. The summed E-state index contributed by atoms with van der Waals surface area (Å²) in [7, 11) is 0. The van der Waals surface area contributed by atoms with Gasteiger partial charge in [0, 0.05) is 0 Å². The highest BCUT2D eigenvalue weighted by atomic mass is 32.2. The molecule has 1 saturated heterocycles. The highest BCUT2D eigenvalue weighted by Gasteiger charge is 2.46. The van der Waals surface area contributed by atoms with E-state index >= 15 is 0 Å². The van der Waals surface area contributed by atoms with E-state index in [0.29, 0.717) is 17.0 Å². The van der Waals surface area contributed by atoms with Crippen molar-refractivity contribution in [1.29, 1.82) is 5.26 Å². The fourth-order valence-corrected chi connectivity index (χ4v) is 4.91. The van der Waals surface area contributed by atoms with Crippen LogP contribution < -0.4 is 5.73 Å². The first kappa shape index (κ1) is 16.3. The Morgan fingerprint density at radius 2 is 2.26 bits per heavy atom. The molecule has 3 rings (SSSR count). The maximum absolute atomic E-state index is 9.59. The fourth-order valence-electron chi connectivity index (χ4n) is 2.71. The molecule has 3 heterocycles. The second-order valence-corrected chi connectivity index (χ2v) is 7.34. The Kier molecular flexibility index (Phi) is 4.91. The molecule has 0 spiro atoms. The Labute approximate surface area is 141 Å². The summed E-state index contributed by atoms with van der Waals surface area (Å²) in [6.45, 7) is 1.91. The largest absolute Gasteiger partial charge is 0.394 e. The second-order valence-electron chi connectivity index (χ2n) is 4.92. The van der Waals surface area contributed by atoms with Crippen LogP contribution in [0.3, 0.4) is 0 Å². The fraction of sp³-hybridized carbons (Fsp3) is 0.538. The number of nitrogens with two attached hydrogens (primary N) is 1. The number of fused-ring (bicyclic) bond motifs is 1. The third-order valence-corrected chi connectivity index (χ3v) is 6.07. The number of nitrogens with zero attached hydrogens (tertiary/aromatic N) is 5. The van der Waals surface area contributed by atoms with Crippen LogP contribution in [0.1, 0.15) is 13.2 Å². The van der Waals surface area contributed by atoms with E-state index < -0.39 is 6.10 Å². The van der Waals surface area contributed by atoms with E-state index in [9.17, 15) is 5.11 Å². The van der Waals surface area contributed by atoms with Crippen molar-refractivity contribution in [3.63, 3.8) is 0 Å². The van der Waals surface area contributed by atoms with Gasteiger partial charge in [-0.15, -0.1) is 0 Å². The molecule has 0 aromatic carbocycles. The van der Waals surface area contributed by atoms with Gasteiger partial charge in [0.15, 0.2) is 11.5 Å². The number of thiocyanates is 1. The maximum Gasteiger partial charge on any atom is 0.167 e. The molecular weight excluding hydrogens is 336 g/mol. The Morgan fingerprint density at radius 1 is 1.43 bits per heavy atom. The van der Waals surface area contributed by atoms with Gasteiger partial charge in [0.05, 0.1) is 29.5 Å². The standard InChI is InChI=1S/C13H16N6O2S2/c1-2-22-10-9(23-4-14)7(3-20)21-13(10)19-6-18-8-11(15)16-5-17-12(8)19/h5-7,9-10,13,20H,2-3H2,1H3,(H2,15,16,17). The van der Waals surface area contributed by atoms with Gasteiger partial charge in [0.2, 0.25) is 0 Å². The topological polar surface area (TPSA) is 123 Å². The van der Waals surface area contributed by atoms with Gasteiger partial charge >= 0.3 is 0 Å². The van der Waals surface area contributed by atoms with E-state index in [4.69, 9.17) is 15.7 Å². The van der Waals surface area contributed by atoms with Gasteiger partial charge in [-0.05, 0) is 17.5 Å². The van der Waals surface area contributed by atoms with Crippen LogP contribution in [-0.4, -0.2) is 53.6 Å². The molecule has 0 radical (unpaired) electrons. The lowest BCUT2D eigenvalue weighted by atomic mass is 10.2. The lowest BCUT2D eigenvalue weighted by Gasteiger charge is -2.21. The normalized spacial score (nSPS) is 27.3. The van der Waals surface area contributed by atoms with Crippen LogP contribution in [0.5, 0.6) is 0 Å². The number of nitriles is 1. The Bertz CT molecular complexity index is 733. The minimum atomic E-state index is -0.412. The number of nitrogen functional groups attached to an aromatic ring is 1. The Balaban J connectivity index is 2.02. The number of aliphatic hydroxyl groups excluding tert-OH is 1. The van der Waals surface area contributed by atoms with Crippen LogP contribution >= 0.6 is 23.5 Å². The van der Waals surface area contributed by atoms with Gasteiger partial charge in [0.25, 0.3) is 0 Å². The summed E-state index contributed by atoms with van der Waals surface area (Å²) in [4.78, 5) is 12.5. The number of ether oxygens (including phenoxy) is 1. The highest BCUT2D eigenvalue weighted by molar-refractivity contribution is 8.06. The first-order valence-electron chi connectivity index (χ1n) is 7.06. The first-order chi connectivity index (χ1) is 11.2. The predicted octanol–water partition coefficient (Wildman–Crippen LogP) is 1.00. The molecule has 2 aromatic rings. The third kappa shape index (κ3) is 2.85. The molecule has 2 aromatic heterocycles. The molecule has 0 saturated carbocycles. The van der Waals surface area contributed by atoms with E-state index in [2.05, 4.69) is 20.4 Å². The Hall–Kier alpha value is -1.54. The van der Waals surface area contributed by atoms with Gasteiger partial charge in [-0.1, -0.05) is 6.92 Å². The van der Waals surface area contributed by atoms with Crippen molar-refractivity contribution < 1.29 is 9.84 Å². The zero-order valence-electron chi connectivity index (χ0n) is 12.4. The summed E-state index contributed by atoms with van der Waals surface area (Å²) < 4.78 is 7.82. The number of hydrogen-bond acceptors (Lipinski definition) is 9. The van der Waals surface area contributed by atoms with Crippen molar-refractivity contribution in [2.45, 2.75) is 29.8 Å². The lowest BCUT2D eigenvalue weighted by Crippen LogP contribution is -2.28. The third-order valence-electron chi connectivity index (χ3n) is 3.67. The van der Waals surface area contributed by atoms with Crippen molar-refractivity contribution in [3.05, 3.63) is 12.7 Å². The van der Waals surface area contributed by atoms with Crippen molar-refractivity contribution in [1.82, 2.24) is 19.5 Å². The monoisotopic (exact) mass is 352 g/mol. The minimum Gasteiger partial charge on any atom is -0.394 e. The number of thioether (sulfide) groups is 2. The molecule has 10 heteroatoms. The summed E-state index contributed by atoms with van der Waals surface area (Å²) in [5.41, 5.74) is 6.94. The molecule has 1 aliphatic heterocycles. The van der Waals surface area contributed by atoms with Crippen LogP contribution in [0.15, 0.2) is 12.7 Å². The molecule has 0 aliphatic carbocycles. The first-order valence-corrected chi connectivity index (χ1v) is 8.99. The average Bonchev–Trinajstić information content (AvgIpc) is 3.11. The highest BCUT2D eigenvalue weighted by Crippen LogP contribution is 2.43. The van der Waals surface area contributed by atoms with Crippen LogP contribution in [-0.2, 0) is 4.74 Å². The molecule has 1 fully saturated rings. The number of aliphatic hydroxyl groups is 1. The van der Waals surface area contributed by atoms with E-state index in [-0.39, 0.29) is 23.3 Å². The number of imidazole rings is 1. The maximum atomic E-state index is 9.59. The summed E-state index contributed by atoms with van der Waals surface area (Å²) in [5, 5.41) is 20.6. The summed E-state index contributed by atoms with van der Waals surface area (Å²) in [6.07, 6.45) is 2.22. The van der Waals surface area contributed by atoms with Gasteiger partial charge in [0.1, 0.15) is 23.5 Å². The molecule has 122 valence electrons. The molecule has 0 amide bonds. The number of aromatic nitrogens is 4. The predicted molar refractivity (Wildman–Crippen MR) is 89.6 cm³/mol. The molecule has 4 unspecified atom stereocenters. The van der Waals surface area contributed by atoms with Gasteiger partial charge in [-0.3, -0.25) is 4.57 Å².